The van der Waals surface area contributed by atoms with Crippen LogP contribution in [0.15, 0.2) is 112 Å². The summed E-state index contributed by atoms with van der Waals surface area (Å²) in [6.45, 7) is 4.01. The lowest BCUT2D eigenvalue weighted by atomic mass is 9.85. The van der Waals surface area contributed by atoms with Gasteiger partial charge >= 0.3 is 0 Å². The van der Waals surface area contributed by atoms with E-state index in [1.807, 2.05) is 13.8 Å². The molecule has 3 nitrogen and oxygen atoms in total. The highest BCUT2D eigenvalue weighted by molar-refractivity contribution is 6.23. The first-order valence-electron chi connectivity index (χ1n) is 12.9. The number of nitrogens with zero attached hydrogens (tertiary/aromatic N) is 1. The smallest absolute Gasteiger partial charge is 0.143 e. The number of hydrogen-bond donors (Lipinski definition) is 0. The van der Waals surface area contributed by atoms with Gasteiger partial charge in [-0.05, 0) is 70.1 Å². The van der Waals surface area contributed by atoms with Gasteiger partial charge in [-0.2, -0.15) is 0 Å². The van der Waals surface area contributed by atoms with E-state index in [9.17, 15) is 0 Å². The van der Waals surface area contributed by atoms with E-state index < -0.39 is 0 Å². The van der Waals surface area contributed by atoms with Crippen LogP contribution in [0.2, 0.25) is 0 Å². The molecule has 38 heavy (non-hydrogen) atoms. The number of aromatic nitrogens is 1. The molecule has 3 heteroatoms. The van der Waals surface area contributed by atoms with Gasteiger partial charge < -0.3 is 8.94 Å². The van der Waals surface area contributed by atoms with Gasteiger partial charge in [0.25, 0.3) is 0 Å². The quantitative estimate of drug-likeness (QED) is 0.227. The Morgan fingerprint density at radius 1 is 0.526 bits per heavy atom. The zero-order chi connectivity index (χ0) is 25.4. The number of furan rings is 1. The molecule has 0 N–H and O–H groups in total. The summed E-state index contributed by atoms with van der Waals surface area (Å²) in [4.78, 5) is 0. The van der Waals surface area contributed by atoms with Crippen molar-refractivity contribution in [3.8, 4) is 22.3 Å². The normalized spacial score (nSPS) is 11.9. The predicted octanol–water partition coefficient (Wildman–Crippen LogP) is 9.98. The van der Waals surface area contributed by atoms with Gasteiger partial charge in [0.1, 0.15) is 16.9 Å². The number of benzene rings is 6. The minimum atomic E-state index is 0.837. The summed E-state index contributed by atoms with van der Waals surface area (Å²) in [5, 5.41) is 13.7. The van der Waals surface area contributed by atoms with Gasteiger partial charge in [0.2, 0.25) is 0 Å². The molecule has 0 fully saturated rings. The van der Waals surface area contributed by atoms with Crippen LogP contribution in [0.25, 0.3) is 76.5 Å². The van der Waals surface area contributed by atoms with Crippen molar-refractivity contribution in [2.75, 3.05) is 0 Å². The monoisotopic (exact) mass is 489 g/mol. The topological polar surface area (TPSA) is 39.2 Å². The average Bonchev–Trinajstić information content (AvgIpc) is 3.50. The van der Waals surface area contributed by atoms with Crippen molar-refractivity contribution in [1.82, 2.24) is 5.16 Å². The highest BCUT2D eigenvalue weighted by Gasteiger charge is 2.21. The molecule has 0 bridgehead atoms. The summed E-state index contributed by atoms with van der Waals surface area (Å²) in [7, 11) is 0. The van der Waals surface area contributed by atoms with Gasteiger partial charge in [-0.25, -0.2) is 0 Å². The molecule has 0 aliphatic heterocycles. The van der Waals surface area contributed by atoms with E-state index in [1.54, 1.807) is 0 Å². The predicted molar refractivity (Wildman–Crippen MR) is 157 cm³/mol. The summed E-state index contributed by atoms with van der Waals surface area (Å²) in [5.41, 5.74) is 7.41. The van der Waals surface area contributed by atoms with E-state index in [0.717, 1.165) is 44.3 Å². The van der Waals surface area contributed by atoms with E-state index >= 15 is 0 Å². The fourth-order valence-electron chi connectivity index (χ4n) is 6.21. The third-order valence-electron chi connectivity index (χ3n) is 7.86. The molecule has 2 aromatic heterocycles. The summed E-state index contributed by atoms with van der Waals surface area (Å²) < 4.78 is 12.0. The Morgan fingerprint density at radius 3 is 1.82 bits per heavy atom. The number of rotatable bonds is 2. The molecule has 2 heterocycles. The molecule has 6 aromatic carbocycles. The van der Waals surface area contributed by atoms with Crippen molar-refractivity contribution in [3.05, 3.63) is 115 Å². The van der Waals surface area contributed by atoms with Crippen LogP contribution in [0.5, 0.6) is 0 Å². The van der Waals surface area contributed by atoms with Crippen LogP contribution in [-0.4, -0.2) is 5.16 Å². The second-order valence-corrected chi connectivity index (χ2v) is 10.0. The minimum Gasteiger partial charge on any atom is -0.455 e. The van der Waals surface area contributed by atoms with E-state index in [2.05, 4.69) is 108 Å². The maximum Gasteiger partial charge on any atom is 0.143 e. The van der Waals surface area contributed by atoms with Crippen molar-refractivity contribution in [3.63, 3.8) is 0 Å². The lowest BCUT2D eigenvalue weighted by Crippen LogP contribution is -1.92. The molecular weight excluding hydrogens is 466 g/mol. The van der Waals surface area contributed by atoms with E-state index in [0.29, 0.717) is 0 Å². The minimum absolute atomic E-state index is 0.837. The first-order valence-corrected chi connectivity index (χ1v) is 12.9. The van der Waals surface area contributed by atoms with Gasteiger partial charge in [0, 0.05) is 27.3 Å². The molecule has 0 saturated heterocycles. The van der Waals surface area contributed by atoms with Gasteiger partial charge in [-0.15, -0.1) is 0 Å². The molecule has 0 unspecified atom stereocenters. The molecule has 0 saturated carbocycles. The molecule has 0 spiro atoms. The summed E-state index contributed by atoms with van der Waals surface area (Å²) in [6, 6.07) is 36.7. The molecule has 0 aliphatic rings. The van der Waals surface area contributed by atoms with Crippen molar-refractivity contribution in [1.29, 1.82) is 0 Å². The summed E-state index contributed by atoms with van der Waals surface area (Å²) in [5.74, 6) is 0.837. The Bertz CT molecular complexity index is 2140. The Hall–Kier alpha value is -4.89. The molecule has 0 radical (unpaired) electrons. The zero-order valence-electron chi connectivity index (χ0n) is 21.1. The Kier molecular flexibility index (Phi) is 4.36. The highest BCUT2D eigenvalue weighted by Crippen LogP contribution is 2.46. The number of aryl methyl sites for hydroxylation is 2. The lowest BCUT2D eigenvalue weighted by molar-refractivity contribution is 0.393. The maximum absolute atomic E-state index is 6.41. The second kappa shape index (κ2) is 7.80. The van der Waals surface area contributed by atoms with Crippen molar-refractivity contribution in [2.24, 2.45) is 0 Å². The second-order valence-electron chi connectivity index (χ2n) is 10.0. The van der Waals surface area contributed by atoms with Crippen LogP contribution < -0.4 is 0 Å². The van der Waals surface area contributed by atoms with Crippen LogP contribution in [0.3, 0.4) is 0 Å². The first kappa shape index (κ1) is 21.2. The Labute approximate surface area is 218 Å². The first-order chi connectivity index (χ1) is 18.7. The number of hydrogen-bond acceptors (Lipinski definition) is 3. The van der Waals surface area contributed by atoms with E-state index in [1.165, 1.54) is 43.6 Å². The fraction of sp³-hybridized carbons (Fsp3) is 0.0571. The van der Waals surface area contributed by atoms with Crippen LogP contribution in [0.1, 0.15) is 11.5 Å². The molecule has 8 aromatic rings. The summed E-state index contributed by atoms with van der Waals surface area (Å²) in [6.07, 6.45) is 0. The molecule has 0 amide bonds. The molecule has 0 atom stereocenters. The SMILES string of the molecule is Cc1noc(C)c1-c1c2ccccc2c(-c2ccc3oc4c5ccccc5ccc4c3c2)c2ccccc12. The molecule has 180 valence electrons. The van der Waals surface area contributed by atoms with E-state index in [4.69, 9.17) is 8.94 Å². The Balaban J connectivity index is 1.49. The molecular formula is C35H23NO2. The summed E-state index contributed by atoms with van der Waals surface area (Å²) >= 11 is 0. The third-order valence-corrected chi connectivity index (χ3v) is 7.86. The van der Waals surface area contributed by atoms with Crippen molar-refractivity contribution < 1.29 is 8.94 Å². The van der Waals surface area contributed by atoms with Crippen molar-refractivity contribution >= 4 is 54.3 Å². The van der Waals surface area contributed by atoms with Gasteiger partial charge in [-0.3, -0.25) is 0 Å². The van der Waals surface area contributed by atoms with E-state index in [-0.39, 0.29) is 0 Å². The number of fused-ring (bicyclic) bond motifs is 7. The highest BCUT2D eigenvalue weighted by atomic mass is 16.5. The van der Waals surface area contributed by atoms with Crippen LogP contribution in [0, 0.1) is 13.8 Å². The molecule has 8 rings (SSSR count). The molecule has 0 aliphatic carbocycles. The van der Waals surface area contributed by atoms with Crippen LogP contribution >= 0.6 is 0 Å². The average molecular weight is 490 g/mol. The van der Waals surface area contributed by atoms with Crippen LogP contribution in [-0.2, 0) is 0 Å². The fourth-order valence-corrected chi connectivity index (χ4v) is 6.21. The maximum atomic E-state index is 6.41. The van der Waals surface area contributed by atoms with Crippen molar-refractivity contribution in [2.45, 2.75) is 13.8 Å². The van der Waals surface area contributed by atoms with Gasteiger partial charge in [0.05, 0.1) is 5.69 Å². The zero-order valence-corrected chi connectivity index (χ0v) is 21.1. The van der Waals surface area contributed by atoms with Gasteiger partial charge in [-0.1, -0.05) is 90.1 Å². The standard InChI is InChI=1S/C35H23NO2/c1-20-32(21(2)38-36-20)34-27-13-7-5-11-25(27)33(26-12-6-8-14-28(26)34)23-16-18-31-30(19-23)29-17-15-22-9-3-4-10-24(22)35(29)37-31/h3-19H,1-2H3. The third kappa shape index (κ3) is 2.87. The van der Waals surface area contributed by atoms with Gasteiger partial charge in [0.15, 0.2) is 0 Å². The Morgan fingerprint density at radius 2 is 1.16 bits per heavy atom. The largest absolute Gasteiger partial charge is 0.455 e. The lowest BCUT2D eigenvalue weighted by Gasteiger charge is -2.17. The van der Waals surface area contributed by atoms with Crippen LogP contribution in [0.4, 0.5) is 0 Å².